The van der Waals surface area contributed by atoms with Crippen molar-refractivity contribution in [3.05, 3.63) is 29.3 Å². The van der Waals surface area contributed by atoms with Crippen LogP contribution in [0.3, 0.4) is 0 Å². The summed E-state index contributed by atoms with van der Waals surface area (Å²) in [6.45, 7) is 4.41. The van der Waals surface area contributed by atoms with E-state index in [1.807, 2.05) is 0 Å². The van der Waals surface area contributed by atoms with Gasteiger partial charge in [0.15, 0.2) is 0 Å². The fourth-order valence-corrected chi connectivity index (χ4v) is 1.85. The Balaban J connectivity index is 2.98. The molecule has 1 amide bonds. The fraction of sp³-hybridized carbons (Fsp3) is 0.467. The summed E-state index contributed by atoms with van der Waals surface area (Å²) in [6.07, 6.45) is -6.82. The van der Waals surface area contributed by atoms with Crippen LogP contribution in [0.25, 0.3) is 0 Å². The summed E-state index contributed by atoms with van der Waals surface area (Å²) in [6, 6.07) is 4.91. The molecule has 0 aliphatic rings. The maximum absolute atomic E-state index is 13.0. The van der Waals surface area contributed by atoms with Crippen LogP contribution in [0.5, 0.6) is 0 Å². The number of aliphatic hydroxyl groups is 1. The summed E-state index contributed by atoms with van der Waals surface area (Å²) in [5, 5.41) is 11.9. The van der Waals surface area contributed by atoms with E-state index in [4.69, 9.17) is 0 Å². The molecule has 128 valence electrons. The molecule has 0 saturated heterocycles. The number of hydrogen-bond donors (Lipinski definition) is 2. The van der Waals surface area contributed by atoms with Gasteiger partial charge in [0.05, 0.1) is 13.0 Å². The summed E-state index contributed by atoms with van der Waals surface area (Å²) >= 11 is 0. The predicted molar refractivity (Wildman–Crippen MR) is 76.8 cm³/mol. The lowest BCUT2D eigenvalue weighted by Crippen LogP contribution is -2.54. The molecule has 0 bridgehead atoms. The van der Waals surface area contributed by atoms with Gasteiger partial charge in [-0.05, 0) is 38.0 Å². The summed E-state index contributed by atoms with van der Waals surface area (Å²) < 4.78 is 43.2. The number of halogens is 3. The van der Waals surface area contributed by atoms with Gasteiger partial charge in [-0.15, -0.1) is 0 Å². The van der Waals surface area contributed by atoms with Gasteiger partial charge in [0.2, 0.25) is 5.91 Å². The van der Waals surface area contributed by atoms with Crippen LogP contribution in [-0.2, 0) is 14.3 Å². The van der Waals surface area contributed by atoms with Gasteiger partial charge < -0.3 is 15.2 Å². The molecule has 5 nitrogen and oxygen atoms in total. The Labute approximate surface area is 131 Å². The SMILES string of the molecule is CCOC(=O)[C@](O)(CC(=O)Nc1cccc(C)c1C)C(F)(F)F. The summed E-state index contributed by atoms with van der Waals surface area (Å²) in [4.78, 5) is 23.3. The van der Waals surface area contributed by atoms with Crippen molar-refractivity contribution in [3.8, 4) is 0 Å². The van der Waals surface area contributed by atoms with Crippen LogP contribution < -0.4 is 5.32 Å². The standard InChI is InChI=1S/C15H18F3NO4/c1-4-23-13(21)14(22,15(16,17)18)8-12(20)19-11-7-5-6-9(2)10(11)3/h5-7,22H,4,8H2,1-3H3,(H,19,20)/t14-/m1/s1. The zero-order valence-corrected chi connectivity index (χ0v) is 13.0. The highest BCUT2D eigenvalue weighted by Crippen LogP contribution is 2.34. The summed E-state index contributed by atoms with van der Waals surface area (Å²) in [5.41, 5.74) is -2.07. The third-order valence-electron chi connectivity index (χ3n) is 3.38. The van der Waals surface area contributed by atoms with E-state index in [1.165, 1.54) is 13.0 Å². The Hall–Kier alpha value is -2.09. The number of rotatable bonds is 5. The topological polar surface area (TPSA) is 75.6 Å². The number of alkyl halides is 3. The molecule has 1 aromatic rings. The molecule has 1 atom stereocenters. The van der Waals surface area contributed by atoms with Crippen molar-refractivity contribution in [3.63, 3.8) is 0 Å². The van der Waals surface area contributed by atoms with E-state index in [2.05, 4.69) is 10.1 Å². The lowest BCUT2D eigenvalue weighted by Gasteiger charge is -2.27. The number of anilines is 1. The van der Waals surface area contributed by atoms with Crippen molar-refractivity contribution >= 4 is 17.6 Å². The van der Waals surface area contributed by atoms with Crippen LogP contribution >= 0.6 is 0 Å². The number of esters is 1. The second-order valence-corrected chi connectivity index (χ2v) is 5.05. The van der Waals surface area contributed by atoms with Gasteiger partial charge in [-0.25, -0.2) is 4.79 Å². The van der Waals surface area contributed by atoms with Crippen molar-refractivity contribution in [2.75, 3.05) is 11.9 Å². The first-order valence-corrected chi connectivity index (χ1v) is 6.85. The highest BCUT2D eigenvalue weighted by Gasteiger charge is 2.61. The zero-order valence-electron chi connectivity index (χ0n) is 13.0. The van der Waals surface area contributed by atoms with E-state index in [-0.39, 0.29) is 6.61 Å². The number of hydrogen-bond acceptors (Lipinski definition) is 4. The van der Waals surface area contributed by atoms with Crippen molar-refractivity contribution < 1.29 is 32.6 Å². The van der Waals surface area contributed by atoms with Gasteiger partial charge in [0.1, 0.15) is 0 Å². The first kappa shape index (κ1) is 19.0. The Kier molecular flexibility index (Phi) is 5.76. The number of nitrogens with one attached hydrogen (secondary N) is 1. The number of amides is 1. The lowest BCUT2D eigenvalue weighted by molar-refractivity contribution is -0.262. The molecular formula is C15H18F3NO4. The van der Waals surface area contributed by atoms with E-state index < -0.39 is 30.1 Å². The first-order valence-electron chi connectivity index (χ1n) is 6.85. The third-order valence-corrected chi connectivity index (χ3v) is 3.38. The van der Waals surface area contributed by atoms with E-state index in [0.29, 0.717) is 11.3 Å². The van der Waals surface area contributed by atoms with E-state index in [0.717, 1.165) is 5.56 Å². The third kappa shape index (κ3) is 4.22. The molecule has 0 saturated carbocycles. The van der Waals surface area contributed by atoms with E-state index in [1.54, 1.807) is 26.0 Å². The number of carbonyl (C=O) groups excluding carboxylic acids is 2. The van der Waals surface area contributed by atoms with Gasteiger partial charge in [0.25, 0.3) is 5.60 Å². The fourth-order valence-electron chi connectivity index (χ4n) is 1.85. The Morgan fingerprint density at radius 3 is 2.39 bits per heavy atom. The molecule has 0 unspecified atom stereocenters. The van der Waals surface area contributed by atoms with Crippen molar-refractivity contribution in [2.24, 2.45) is 0 Å². The van der Waals surface area contributed by atoms with Gasteiger partial charge in [-0.2, -0.15) is 13.2 Å². The van der Waals surface area contributed by atoms with Gasteiger partial charge in [0, 0.05) is 5.69 Å². The van der Waals surface area contributed by atoms with Gasteiger partial charge in [-0.1, -0.05) is 12.1 Å². The normalized spacial score (nSPS) is 14.0. The van der Waals surface area contributed by atoms with Crippen LogP contribution in [0.15, 0.2) is 18.2 Å². The monoisotopic (exact) mass is 333 g/mol. The van der Waals surface area contributed by atoms with Gasteiger partial charge >= 0.3 is 12.1 Å². The number of benzene rings is 1. The quantitative estimate of drug-likeness (QED) is 0.812. The van der Waals surface area contributed by atoms with E-state index >= 15 is 0 Å². The molecule has 0 aliphatic carbocycles. The Bertz CT molecular complexity index is 601. The molecule has 1 aromatic carbocycles. The summed E-state index contributed by atoms with van der Waals surface area (Å²) in [7, 11) is 0. The van der Waals surface area contributed by atoms with Crippen LogP contribution in [0.2, 0.25) is 0 Å². The largest absolute Gasteiger partial charge is 0.464 e. The van der Waals surface area contributed by atoms with Crippen molar-refractivity contribution in [1.29, 1.82) is 0 Å². The number of carbonyl (C=O) groups is 2. The molecule has 0 heterocycles. The minimum Gasteiger partial charge on any atom is -0.464 e. The Morgan fingerprint density at radius 2 is 1.87 bits per heavy atom. The predicted octanol–water partition coefficient (Wildman–Crippen LogP) is 2.49. The molecule has 2 N–H and O–H groups in total. The van der Waals surface area contributed by atoms with Crippen LogP contribution in [0, 0.1) is 13.8 Å². The van der Waals surface area contributed by atoms with Crippen LogP contribution in [0.1, 0.15) is 24.5 Å². The maximum atomic E-state index is 13.0. The molecule has 8 heteroatoms. The second kappa shape index (κ2) is 6.99. The molecule has 0 spiro atoms. The smallest absolute Gasteiger partial charge is 0.428 e. The Morgan fingerprint density at radius 1 is 1.26 bits per heavy atom. The second-order valence-electron chi connectivity index (χ2n) is 5.05. The molecule has 0 radical (unpaired) electrons. The number of ether oxygens (including phenoxy) is 1. The van der Waals surface area contributed by atoms with Crippen LogP contribution in [-0.4, -0.2) is 35.4 Å². The molecule has 0 fully saturated rings. The maximum Gasteiger partial charge on any atom is 0.428 e. The molecule has 1 rings (SSSR count). The highest BCUT2D eigenvalue weighted by atomic mass is 19.4. The van der Waals surface area contributed by atoms with E-state index in [9.17, 15) is 27.9 Å². The minimum absolute atomic E-state index is 0.309. The van der Waals surface area contributed by atoms with Crippen molar-refractivity contribution in [2.45, 2.75) is 39.0 Å². The average molecular weight is 333 g/mol. The van der Waals surface area contributed by atoms with Crippen molar-refractivity contribution in [1.82, 2.24) is 0 Å². The molecule has 23 heavy (non-hydrogen) atoms. The average Bonchev–Trinajstić information content (AvgIpc) is 2.42. The molecule has 0 aliphatic heterocycles. The highest BCUT2D eigenvalue weighted by molar-refractivity contribution is 5.96. The lowest BCUT2D eigenvalue weighted by atomic mass is 9.98. The zero-order chi connectivity index (χ0) is 17.8. The molecular weight excluding hydrogens is 315 g/mol. The minimum atomic E-state index is -5.34. The molecule has 0 aromatic heterocycles. The summed E-state index contributed by atoms with van der Waals surface area (Å²) in [5.74, 6) is -3.05. The first-order chi connectivity index (χ1) is 10.5. The van der Waals surface area contributed by atoms with Crippen LogP contribution in [0.4, 0.5) is 18.9 Å². The van der Waals surface area contributed by atoms with Gasteiger partial charge in [-0.3, -0.25) is 4.79 Å². The number of aryl methyl sites for hydroxylation is 1.